The molecule has 0 saturated heterocycles. The fourth-order valence-electron chi connectivity index (χ4n) is 5.46. The Hall–Kier alpha value is -3.18. The Kier molecular flexibility index (Phi) is 12.9. The van der Waals surface area contributed by atoms with Gasteiger partial charge in [0.25, 0.3) is 0 Å². The predicted molar refractivity (Wildman–Crippen MR) is 196 cm³/mol. The molecule has 0 saturated carbocycles. The summed E-state index contributed by atoms with van der Waals surface area (Å²) in [4.78, 5) is 21.3. The van der Waals surface area contributed by atoms with E-state index in [1.807, 2.05) is 41.5 Å². The molecule has 0 aliphatic rings. The van der Waals surface area contributed by atoms with Gasteiger partial charge in [-0.1, -0.05) is 97.5 Å². The molecule has 1 N–H and O–H groups in total. The van der Waals surface area contributed by atoms with Crippen molar-refractivity contribution in [3.8, 4) is 22.5 Å². The van der Waals surface area contributed by atoms with Crippen LogP contribution in [0.2, 0.25) is 0 Å². The SMILES string of the molecule is CC(C)(C)c1cc(-c2cc(-c3ccc4sccc4c3)ncn2)[c-]c2ccccc12.CCC(C)(CC)C(=O)/C=C(\O)C(C)(CC)CC.[Ir]. The summed E-state index contributed by atoms with van der Waals surface area (Å²) in [6.07, 6.45) is 6.41. The summed E-state index contributed by atoms with van der Waals surface area (Å²) in [6, 6.07) is 25.0. The zero-order chi connectivity index (χ0) is 33.7. The number of nitrogens with zero attached hydrogens (tertiary/aromatic N) is 2. The largest absolute Gasteiger partial charge is 0.512 e. The second-order valence-corrected chi connectivity index (χ2v) is 14.7. The van der Waals surface area contributed by atoms with E-state index >= 15 is 0 Å². The van der Waals surface area contributed by atoms with Crippen LogP contribution in [0.25, 0.3) is 43.4 Å². The summed E-state index contributed by atoms with van der Waals surface area (Å²) in [5.74, 6) is 0.286. The van der Waals surface area contributed by atoms with Gasteiger partial charge in [-0.05, 0) is 66.1 Å². The summed E-state index contributed by atoms with van der Waals surface area (Å²) < 4.78 is 1.29. The van der Waals surface area contributed by atoms with Crippen molar-refractivity contribution in [3.05, 3.63) is 95.8 Å². The van der Waals surface area contributed by atoms with E-state index in [1.54, 1.807) is 17.7 Å². The van der Waals surface area contributed by atoms with Gasteiger partial charge in [0.1, 0.15) is 12.1 Å². The third-order valence-electron chi connectivity index (χ3n) is 9.88. The molecule has 5 rings (SSSR count). The van der Waals surface area contributed by atoms with Gasteiger partial charge in [-0.15, -0.1) is 40.5 Å². The average molecular weight is 826 g/mol. The molecule has 47 heavy (non-hydrogen) atoms. The Morgan fingerprint density at radius 3 is 2.11 bits per heavy atom. The number of carbonyl (C=O) groups is 1. The van der Waals surface area contributed by atoms with Crippen LogP contribution in [0, 0.1) is 16.9 Å². The maximum atomic E-state index is 12.2. The standard InChI is InChI=1S/C26H21N2S.C15H28O2.Ir/c1-26(2,3)22-14-20(12-17-6-4-5-7-21(17)22)24-15-23(27-16-28-24)18-8-9-25-19(13-18)10-11-29-25;1-7-14(5,8-2)12(16)11-13(17)15(6,9-3)10-4;/h4-11,13-16H,1-3H3;11,16H,7-10H2,1-6H3;/q-1;;/b;12-11-;. The van der Waals surface area contributed by atoms with Crippen molar-refractivity contribution < 1.29 is 30.0 Å². The van der Waals surface area contributed by atoms with Crippen LogP contribution in [0.4, 0.5) is 0 Å². The van der Waals surface area contributed by atoms with Crippen LogP contribution >= 0.6 is 11.3 Å². The first-order valence-electron chi connectivity index (χ1n) is 16.5. The maximum absolute atomic E-state index is 12.2. The van der Waals surface area contributed by atoms with Crippen LogP contribution in [0.5, 0.6) is 0 Å². The van der Waals surface area contributed by atoms with Crippen molar-refractivity contribution in [1.82, 2.24) is 9.97 Å². The summed E-state index contributed by atoms with van der Waals surface area (Å²) in [7, 11) is 0. The fraction of sp³-hybridized carbons (Fsp3) is 0.390. The molecule has 0 amide bonds. The molecular weight excluding hydrogens is 777 g/mol. The number of rotatable bonds is 9. The molecule has 1 radical (unpaired) electrons. The molecule has 4 nitrogen and oxygen atoms in total. The molecule has 2 aromatic heterocycles. The molecule has 0 bridgehead atoms. The number of aromatic nitrogens is 2. The molecule has 251 valence electrons. The van der Waals surface area contributed by atoms with Crippen LogP contribution in [0.3, 0.4) is 0 Å². The van der Waals surface area contributed by atoms with Crippen molar-refractivity contribution in [1.29, 1.82) is 0 Å². The molecule has 0 atom stereocenters. The van der Waals surface area contributed by atoms with Crippen molar-refractivity contribution in [2.24, 2.45) is 10.8 Å². The normalized spacial score (nSPS) is 12.4. The molecule has 2 heterocycles. The number of allylic oxidation sites excluding steroid dienone is 2. The van der Waals surface area contributed by atoms with E-state index in [1.165, 1.54) is 27.1 Å². The number of thiophene rings is 1. The van der Waals surface area contributed by atoms with Gasteiger partial charge in [-0.25, -0.2) is 4.98 Å². The average Bonchev–Trinajstić information content (AvgIpc) is 3.55. The van der Waals surface area contributed by atoms with E-state index in [0.29, 0.717) is 0 Å². The van der Waals surface area contributed by atoms with E-state index in [9.17, 15) is 9.90 Å². The van der Waals surface area contributed by atoms with Crippen LogP contribution < -0.4 is 0 Å². The molecule has 0 aliphatic carbocycles. The van der Waals surface area contributed by atoms with Gasteiger partial charge >= 0.3 is 0 Å². The number of benzene rings is 3. The summed E-state index contributed by atoms with van der Waals surface area (Å²) in [5, 5.41) is 15.9. The van der Waals surface area contributed by atoms with E-state index in [2.05, 4.69) is 103 Å². The number of aliphatic hydroxyl groups is 1. The minimum absolute atomic E-state index is 0. The predicted octanol–water partition coefficient (Wildman–Crippen LogP) is 11.9. The van der Waals surface area contributed by atoms with E-state index < -0.39 is 0 Å². The maximum Gasteiger partial charge on any atom is 0.164 e. The quantitative estimate of drug-likeness (QED) is 0.0913. The second kappa shape index (κ2) is 15.8. The smallest absolute Gasteiger partial charge is 0.164 e. The number of fused-ring (bicyclic) bond motifs is 2. The van der Waals surface area contributed by atoms with E-state index in [0.717, 1.165) is 53.6 Å². The van der Waals surface area contributed by atoms with Gasteiger partial charge in [0.2, 0.25) is 0 Å². The number of carbonyl (C=O) groups excluding carboxylic acids is 1. The first kappa shape index (κ1) is 38.3. The molecule has 3 aromatic carbocycles. The molecule has 0 unspecified atom stereocenters. The van der Waals surface area contributed by atoms with Crippen molar-refractivity contribution in [2.75, 3.05) is 0 Å². The molecular formula is C41H49IrN2O2S-. The van der Waals surface area contributed by atoms with Gasteiger partial charge < -0.3 is 5.11 Å². The van der Waals surface area contributed by atoms with Crippen LogP contribution in [0.15, 0.2) is 84.2 Å². The van der Waals surface area contributed by atoms with Gasteiger partial charge in [0, 0.05) is 53.0 Å². The monoisotopic (exact) mass is 826 g/mol. The topological polar surface area (TPSA) is 63.1 Å². The zero-order valence-corrected chi connectivity index (χ0v) is 32.5. The van der Waals surface area contributed by atoms with Crippen molar-refractivity contribution >= 4 is 38.0 Å². The Labute approximate surface area is 299 Å². The van der Waals surface area contributed by atoms with Crippen LogP contribution in [-0.4, -0.2) is 20.9 Å². The third kappa shape index (κ3) is 8.65. The number of hydrogen-bond acceptors (Lipinski definition) is 5. The van der Waals surface area contributed by atoms with Crippen LogP contribution in [-0.2, 0) is 30.3 Å². The number of hydrogen-bond donors (Lipinski definition) is 1. The fourth-order valence-corrected chi connectivity index (χ4v) is 6.23. The number of ketones is 1. The van der Waals surface area contributed by atoms with Crippen molar-refractivity contribution in [2.45, 2.75) is 93.4 Å². The summed E-state index contributed by atoms with van der Waals surface area (Å²) >= 11 is 1.76. The van der Waals surface area contributed by atoms with Crippen molar-refractivity contribution in [3.63, 3.8) is 0 Å². The Morgan fingerprint density at radius 2 is 1.47 bits per heavy atom. The second-order valence-electron chi connectivity index (χ2n) is 13.8. The number of aliphatic hydroxyl groups excluding tert-OH is 1. The molecule has 5 aromatic rings. The molecule has 0 aliphatic heterocycles. The van der Waals surface area contributed by atoms with Gasteiger partial charge in [-0.2, -0.15) is 0 Å². The Morgan fingerprint density at radius 1 is 0.830 bits per heavy atom. The first-order chi connectivity index (χ1) is 21.8. The van der Waals surface area contributed by atoms with E-state index in [4.69, 9.17) is 0 Å². The summed E-state index contributed by atoms with van der Waals surface area (Å²) in [5.41, 5.74) is 4.68. The zero-order valence-electron chi connectivity index (χ0n) is 29.3. The van der Waals surface area contributed by atoms with Gasteiger partial charge in [0.05, 0.1) is 5.69 Å². The minimum atomic E-state index is -0.337. The molecule has 6 heteroatoms. The third-order valence-corrected chi connectivity index (χ3v) is 10.8. The van der Waals surface area contributed by atoms with Gasteiger partial charge in [0.15, 0.2) is 5.78 Å². The van der Waals surface area contributed by atoms with E-state index in [-0.39, 0.29) is 47.9 Å². The molecule has 0 spiro atoms. The van der Waals surface area contributed by atoms with Crippen LogP contribution in [0.1, 0.15) is 93.6 Å². The molecule has 0 fully saturated rings. The Bertz CT molecular complexity index is 1840. The Balaban J connectivity index is 0.000000290. The summed E-state index contributed by atoms with van der Waals surface area (Å²) in [6.45, 7) is 18.8. The minimum Gasteiger partial charge on any atom is -0.512 e. The first-order valence-corrected chi connectivity index (χ1v) is 17.4. The van der Waals surface area contributed by atoms with Gasteiger partial charge in [-0.3, -0.25) is 9.78 Å².